The van der Waals surface area contributed by atoms with Crippen LogP contribution in [0.25, 0.3) is 0 Å². The molecular formula is C14H29NO. The average molecular weight is 227 g/mol. The van der Waals surface area contributed by atoms with Gasteiger partial charge in [0.25, 0.3) is 0 Å². The first kappa shape index (κ1) is 14.0. The van der Waals surface area contributed by atoms with Gasteiger partial charge in [-0.2, -0.15) is 0 Å². The van der Waals surface area contributed by atoms with Gasteiger partial charge in [-0.05, 0) is 44.6 Å². The summed E-state index contributed by atoms with van der Waals surface area (Å²) in [6.45, 7) is 9.80. The van der Waals surface area contributed by atoms with Crippen LogP contribution in [0.1, 0.15) is 52.9 Å². The number of ether oxygens (including phenoxy) is 1. The van der Waals surface area contributed by atoms with Gasteiger partial charge in [-0.3, -0.25) is 0 Å². The van der Waals surface area contributed by atoms with Crippen LogP contribution in [0.2, 0.25) is 0 Å². The molecule has 16 heavy (non-hydrogen) atoms. The van der Waals surface area contributed by atoms with E-state index in [0.717, 1.165) is 37.6 Å². The maximum absolute atomic E-state index is 5.34. The number of nitrogens with one attached hydrogen (secondary N) is 1. The molecule has 0 saturated heterocycles. The van der Waals surface area contributed by atoms with E-state index in [4.69, 9.17) is 4.74 Å². The maximum Gasteiger partial charge on any atom is 0.0466 e. The van der Waals surface area contributed by atoms with E-state index in [0.29, 0.717) is 0 Å². The van der Waals surface area contributed by atoms with E-state index in [1.165, 1.54) is 32.1 Å². The van der Waals surface area contributed by atoms with Crippen LogP contribution in [-0.2, 0) is 4.74 Å². The van der Waals surface area contributed by atoms with Gasteiger partial charge < -0.3 is 10.1 Å². The van der Waals surface area contributed by atoms with Crippen molar-refractivity contribution in [1.29, 1.82) is 0 Å². The molecule has 0 heterocycles. The monoisotopic (exact) mass is 227 g/mol. The summed E-state index contributed by atoms with van der Waals surface area (Å²) in [5.74, 6) is 1.75. The zero-order chi connectivity index (χ0) is 11.8. The lowest BCUT2D eigenvalue weighted by molar-refractivity contribution is 0.142. The third-order valence-corrected chi connectivity index (χ3v) is 4.03. The van der Waals surface area contributed by atoms with Gasteiger partial charge in [0.2, 0.25) is 0 Å². The first-order valence-electron chi connectivity index (χ1n) is 7.06. The molecule has 0 amide bonds. The zero-order valence-corrected chi connectivity index (χ0v) is 11.3. The summed E-state index contributed by atoms with van der Waals surface area (Å²) in [6, 6.07) is 0.760. The maximum atomic E-state index is 5.34. The summed E-state index contributed by atoms with van der Waals surface area (Å²) < 4.78 is 5.34. The molecule has 0 aromatic rings. The van der Waals surface area contributed by atoms with E-state index in [2.05, 4.69) is 26.1 Å². The second-order valence-electron chi connectivity index (χ2n) is 5.23. The minimum Gasteiger partial charge on any atom is -0.382 e. The van der Waals surface area contributed by atoms with Crippen molar-refractivity contribution in [3.63, 3.8) is 0 Å². The van der Waals surface area contributed by atoms with Crippen molar-refractivity contribution in [3.8, 4) is 0 Å². The lowest BCUT2D eigenvalue weighted by Crippen LogP contribution is -2.41. The average Bonchev–Trinajstić information content (AvgIpc) is 2.29. The third kappa shape index (κ3) is 4.84. The molecule has 3 atom stereocenters. The Morgan fingerprint density at radius 3 is 2.75 bits per heavy atom. The molecule has 1 aliphatic carbocycles. The Balaban J connectivity index is 2.03. The van der Waals surface area contributed by atoms with Crippen LogP contribution in [0.5, 0.6) is 0 Å². The van der Waals surface area contributed by atoms with Crippen molar-refractivity contribution in [3.05, 3.63) is 0 Å². The number of rotatable bonds is 7. The van der Waals surface area contributed by atoms with Crippen LogP contribution in [-0.4, -0.2) is 25.8 Å². The molecule has 0 aliphatic heterocycles. The van der Waals surface area contributed by atoms with Crippen molar-refractivity contribution in [2.75, 3.05) is 19.8 Å². The summed E-state index contributed by atoms with van der Waals surface area (Å²) in [6.07, 6.45) is 6.64. The lowest BCUT2D eigenvalue weighted by atomic mass is 9.78. The molecule has 96 valence electrons. The Kier molecular flexibility index (Phi) is 7.06. The Morgan fingerprint density at radius 2 is 2.00 bits per heavy atom. The van der Waals surface area contributed by atoms with E-state index < -0.39 is 0 Å². The van der Waals surface area contributed by atoms with E-state index >= 15 is 0 Å². The molecule has 1 fully saturated rings. The van der Waals surface area contributed by atoms with Gasteiger partial charge in [-0.1, -0.05) is 26.7 Å². The van der Waals surface area contributed by atoms with E-state index in [-0.39, 0.29) is 0 Å². The number of hydrogen-bond acceptors (Lipinski definition) is 2. The third-order valence-electron chi connectivity index (χ3n) is 4.03. The van der Waals surface area contributed by atoms with Crippen LogP contribution >= 0.6 is 0 Å². The first-order valence-corrected chi connectivity index (χ1v) is 7.06. The van der Waals surface area contributed by atoms with Gasteiger partial charge in [0.05, 0.1) is 0 Å². The minimum absolute atomic E-state index is 0.760. The summed E-state index contributed by atoms with van der Waals surface area (Å²) in [7, 11) is 0. The topological polar surface area (TPSA) is 21.3 Å². The Bertz CT molecular complexity index is 172. The normalized spacial score (nSPS) is 30.6. The van der Waals surface area contributed by atoms with Crippen LogP contribution in [0.15, 0.2) is 0 Å². The second kappa shape index (κ2) is 8.08. The van der Waals surface area contributed by atoms with Crippen molar-refractivity contribution < 1.29 is 4.74 Å². The first-order chi connectivity index (χ1) is 7.75. The molecule has 1 saturated carbocycles. The number of hydrogen-bond donors (Lipinski definition) is 1. The van der Waals surface area contributed by atoms with E-state index in [1.807, 2.05) is 0 Å². The van der Waals surface area contributed by atoms with Crippen LogP contribution in [0.4, 0.5) is 0 Å². The van der Waals surface area contributed by atoms with Crippen LogP contribution < -0.4 is 5.32 Å². The highest BCUT2D eigenvalue weighted by Gasteiger charge is 2.25. The predicted molar refractivity (Wildman–Crippen MR) is 69.7 cm³/mol. The van der Waals surface area contributed by atoms with Crippen LogP contribution in [0, 0.1) is 11.8 Å². The fourth-order valence-electron chi connectivity index (χ4n) is 2.63. The summed E-state index contributed by atoms with van der Waals surface area (Å²) in [5.41, 5.74) is 0. The standard InChI is InChI=1S/C14H29NO/c1-4-16-11-6-5-10-15-14-9-7-8-12(2)13(14)3/h12-15H,4-11H2,1-3H3. The van der Waals surface area contributed by atoms with Crippen molar-refractivity contribution in [1.82, 2.24) is 5.32 Å². The highest BCUT2D eigenvalue weighted by Crippen LogP contribution is 2.29. The predicted octanol–water partition coefficient (Wildman–Crippen LogP) is 3.22. The minimum atomic E-state index is 0.760. The van der Waals surface area contributed by atoms with Gasteiger partial charge in [-0.25, -0.2) is 0 Å². The molecule has 0 bridgehead atoms. The molecule has 1 aliphatic rings. The van der Waals surface area contributed by atoms with Gasteiger partial charge in [-0.15, -0.1) is 0 Å². The lowest BCUT2D eigenvalue weighted by Gasteiger charge is -2.34. The quantitative estimate of drug-likeness (QED) is 0.674. The molecule has 0 aromatic heterocycles. The molecular weight excluding hydrogens is 198 g/mol. The smallest absolute Gasteiger partial charge is 0.0466 e. The van der Waals surface area contributed by atoms with Gasteiger partial charge in [0, 0.05) is 19.3 Å². The molecule has 0 spiro atoms. The highest BCUT2D eigenvalue weighted by atomic mass is 16.5. The fourth-order valence-corrected chi connectivity index (χ4v) is 2.63. The zero-order valence-electron chi connectivity index (χ0n) is 11.3. The van der Waals surface area contributed by atoms with E-state index in [9.17, 15) is 0 Å². The van der Waals surface area contributed by atoms with Gasteiger partial charge in [0.15, 0.2) is 0 Å². The molecule has 3 unspecified atom stereocenters. The Labute approximate surface area is 101 Å². The summed E-state index contributed by atoms with van der Waals surface area (Å²) >= 11 is 0. The SMILES string of the molecule is CCOCCCCNC1CCCC(C)C1C. The van der Waals surface area contributed by atoms with Gasteiger partial charge >= 0.3 is 0 Å². The largest absolute Gasteiger partial charge is 0.382 e. The van der Waals surface area contributed by atoms with E-state index in [1.54, 1.807) is 0 Å². The van der Waals surface area contributed by atoms with Gasteiger partial charge in [0.1, 0.15) is 0 Å². The Morgan fingerprint density at radius 1 is 1.19 bits per heavy atom. The summed E-state index contributed by atoms with van der Waals surface area (Å²) in [4.78, 5) is 0. The molecule has 1 rings (SSSR count). The van der Waals surface area contributed by atoms with Crippen molar-refractivity contribution in [2.45, 2.75) is 58.9 Å². The molecule has 0 radical (unpaired) electrons. The second-order valence-corrected chi connectivity index (χ2v) is 5.23. The summed E-state index contributed by atoms with van der Waals surface area (Å²) in [5, 5.41) is 3.72. The molecule has 2 heteroatoms. The molecule has 2 nitrogen and oxygen atoms in total. The fraction of sp³-hybridized carbons (Fsp3) is 1.00. The molecule has 1 N–H and O–H groups in total. The highest BCUT2D eigenvalue weighted by molar-refractivity contribution is 4.81. The number of unbranched alkanes of at least 4 members (excludes halogenated alkanes) is 1. The Hall–Kier alpha value is -0.0800. The van der Waals surface area contributed by atoms with Crippen molar-refractivity contribution >= 4 is 0 Å². The molecule has 0 aromatic carbocycles. The van der Waals surface area contributed by atoms with Crippen molar-refractivity contribution in [2.24, 2.45) is 11.8 Å². The van der Waals surface area contributed by atoms with Crippen LogP contribution in [0.3, 0.4) is 0 Å².